The zero-order valence-corrected chi connectivity index (χ0v) is 14.9. The van der Waals surface area contributed by atoms with Crippen LogP contribution >= 0.6 is 0 Å². The zero-order chi connectivity index (χ0) is 20.1. The van der Waals surface area contributed by atoms with E-state index in [4.69, 9.17) is 0 Å². The fraction of sp³-hybridized carbons (Fsp3) is 0.316. The number of nitrogens with zero attached hydrogens (tertiary/aromatic N) is 3. The number of carbonyl (C=O) groups excluding carboxylic acids is 2. The van der Waals surface area contributed by atoms with Crippen molar-refractivity contribution in [2.75, 3.05) is 36.4 Å². The number of alkyl halides is 3. The van der Waals surface area contributed by atoms with Crippen LogP contribution in [0.15, 0.2) is 48.7 Å². The van der Waals surface area contributed by atoms with Gasteiger partial charge in [-0.1, -0.05) is 12.1 Å². The first-order chi connectivity index (χ1) is 13.3. The number of nitrogens with one attached hydrogen (secondary N) is 1. The fourth-order valence-electron chi connectivity index (χ4n) is 2.95. The van der Waals surface area contributed by atoms with E-state index in [1.54, 1.807) is 11.1 Å². The molecule has 2 heterocycles. The highest BCUT2D eigenvalue weighted by Crippen LogP contribution is 2.30. The highest BCUT2D eigenvalue weighted by atomic mass is 19.4. The van der Waals surface area contributed by atoms with Crippen LogP contribution in [0.3, 0.4) is 0 Å². The molecule has 1 aromatic heterocycles. The number of hydrogen-bond acceptors (Lipinski definition) is 4. The summed E-state index contributed by atoms with van der Waals surface area (Å²) < 4.78 is 38.2. The quantitative estimate of drug-likeness (QED) is 0.813. The molecule has 28 heavy (non-hydrogen) atoms. The second-order valence-corrected chi connectivity index (χ2v) is 6.36. The Morgan fingerprint density at radius 3 is 2.43 bits per heavy atom. The van der Waals surface area contributed by atoms with Gasteiger partial charge >= 0.3 is 6.18 Å². The summed E-state index contributed by atoms with van der Waals surface area (Å²) in [5.74, 6) is -0.168. The first kappa shape index (κ1) is 19.7. The lowest BCUT2D eigenvalue weighted by molar-refractivity contribution is -0.138. The maximum atomic E-state index is 12.7. The van der Waals surface area contributed by atoms with Gasteiger partial charge in [-0.15, -0.1) is 0 Å². The van der Waals surface area contributed by atoms with E-state index in [2.05, 4.69) is 10.3 Å². The number of halogens is 3. The molecule has 0 spiro atoms. The van der Waals surface area contributed by atoms with Crippen molar-refractivity contribution in [3.63, 3.8) is 0 Å². The highest BCUT2D eigenvalue weighted by molar-refractivity contribution is 6.03. The molecule has 0 atom stereocenters. The summed E-state index contributed by atoms with van der Waals surface area (Å²) >= 11 is 0. The van der Waals surface area contributed by atoms with Crippen LogP contribution in [0, 0.1) is 0 Å². The number of amides is 2. The number of pyridine rings is 1. The van der Waals surface area contributed by atoms with Crippen molar-refractivity contribution < 1.29 is 22.8 Å². The molecule has 1 aromatic carbocycles. The van der Waals surface area contributed by atoms with Crippen LogP contribution in [0.25, 0.3) is 0 Å². The minimum atomic E-state index is -4.50. The maximum Gasteiger partial charge on any atom is 0.416 e. The summed E-state index contributed by atoms with van der Waals surface area (Å²) in [6.07, 6.45) is -3.21. The number of aromatic nitrogens is 1. The van der Waals surface area contributed by atoms with Crippen molar-refractivity contribution in [2.24, 2.45) is 0 Å². The number of rotatable bonds is 4. The molecular weight excluding hydrogens is 373 g/mol. The van der Waals surface area contributed by atoms with Gasteiger partial charge in [0, 0.05) is 38.1 Å². The van der Waals surface area contributed by atoms with Crippen molar-refractivity contribution in [1.29, 1.82) is 0 Å². The van der Waals surface area contributed by atoms with Crippen LogP contribution in [0.4, 0.5) is 24.7 Å². The molecule has 0 saturated carbocycles. The summed E-state index contributed by atoms with van der Waals surface area (Å²) in [7, 11) is 0. The van der Waals surface area contributed by atoms with Crippen LogP contribution in [0.2, 0.25) is 0 Å². The van der Waals surface area contributed by atoms with E-state index in [0.29, 0.717) is 26.2 Å². The first-order valence-electron chi connectivity index (χ1n) is 8.74. The Bertz CT molecular complexity index is 835. The van der Waals surface area contributed by atoms with Crippen LogP contribution < -0.4 is 10.2 Å². The number of anilines is 2. The Kier molecular flexibility index (Phi) is 5.81. The smallest absolute Gasteiger partial charge is 0.353 e. The molecule has 1 saturated heterocycles. The second-order valence-electron chi connectivity index (χ2n) is 6.36. The van der Waals surface area contributed by atoms with E-state index in [9.17, 15) is 22.8 Å². The third kappa shape index (κ3) is 4.99. The summed E-state index contributed by atoms with van der Waals surface area (Å²) in [4.78, 5) is 32.3. The number of hydrogen-bond donors (Lipinski definition) is 1. The molecule has 2 amide bonds. The first-order valence-corrected chi connectivity index (χ1v) is 8.74. The van der Waals surface area contributed by atoms with Crippen molar-refractivity contribution in [2.45, 2.75) is 12.6 Å². The molecule has 0 radical (unpaired) electrons. The molecule has 1 aliphatic rings. The monoisotopic (exact) mass is 392 g/mol. The summed E-state index contributed by atoms with van der Waals surface area (Å²) in [5, 5.41) is 2.35. The van der Waals surface area contributed by atoms with Crippen molar-refractivity contribution in [3.05, 3.63) is 54.2 Å². The third-order valence-electron chi connectivity index (χ3n) is 4.39. The van der Waals surface area contributed by atoms with Gasteiger partial charge in [-0.05, 0) is 30.3 Å². The Balaban J connectivity index is 1.51. The molecular formula is C19H19F3N4O2. The van der Waals surface area contributed by atoms with Gasteiger partial charge in [-0.25, -0.2) is 4.98 Å². The average molecular weight is 392 g/mol. The number of benzene rings is 1. The largest absolute Gasteiger partial charge is 0.416 e. The lowest BCUT2D eigenvalue weighted by Crippen LogP contribution is -2.49. The van der Waals surface area contributed by atoms with E-state index < -0.39 is 24.1 Å². The molecule has 0 unspecified atom stereocenters. The van der Waals surface area contributed by atoms with E-state index >= 15 is 0 Å². The average Bonchev–Trinajstić information content (AvgIpc) is 2.68. The normalized spacial score (nSPS) is 14.7. The van der Waals surface area contributed by atoms with Crippen LogP contribution in [-0.2, 0) is 15.8 Å². The lowest BCUT2D eigenvalue weighted by Gasteiger charge is -2.35. The van der Waals surface area contributed by atoms with E-state index in [-0.39, 0.29) is 11.6 Å². The molecule has 2 aromatic rings. The second kappa shape index (κ2) is 8.28. The molecule has 9 heteroatoms. The molecule has 1 aliphatic heterocycles. The predicted octanol–water partition coefficient (Wildman–Crippen LogP) is 2.78. The molecule has 1 N–H and O–H groups in total. The predicted molar refractivity (Wildman–Crippen MR) is 97.7 cm³/mol. The Hall–Kier alpha value is -3.10. The van der Waals surface area contributed by atoms with Gasteiger partial charge in [0.2, 0.25) is 11.8 Å². The standard InChI is InChI=1S/C19H19F3N4O2/c20-19(21,22)14-4-3-5-15(12-14)24-17(27)13-18(28)26-10-8-25(9-11-26)16-6-1-2-7-23-16/h1-7,12H,8-11,13H2,(H,24,27). The van der Waals surface area contributed by atoms with Crippen molar-refractivity contribution >= 4 is 23.3 Å². The third-order valence-corrected chi connectivity index (χ3v) is 4.39. The molecule has 6 nitrogen and oxygen atoms in total. The molecule has 1 fully saturated rings. The summed E-state index contributed by atoms with van der Waals surface area (Å²) in [6, 6.07) is 9.92. The minimum Gasteiger partial charge on any atom is -0.353 e. The van der Waals surface area contributed by atoms with Crippen molar-refractivity contribution in [3.8, 4) is 0 Å². The fourth-order valence-corrected chi connectivity index (χ4v) is 2.95. The molecule has 148 valence electrons. The van der Waals surface area contributed by atoms with Gasteiger partial charge in [-0.2, -0.15) is 13.2 Å². The van der Waals surface area contributed by atoms with Crippen molar-refractivity contribution in [1.82, 2.24) is 9.88 Å². The van der Waals surface area contributed by atoms with Crippen LogP contribution in [0.5, 0.6) is 0 Å². The van der Waals surface area contributed by atoms with Gasteiger partial charge in [0.05, 0.1) is 5.56 Å². The maximum absolute atomic E-state index is 12.7. The van der Waals surface area contributed by atoms with Gasteiger partial charge in [0.15, 0.2) is 0 Å². The summed E-state index contributed by atoms with van der Waals surface area (Å²) in [5.41, 5.74) is -0.852. The Morgan fingerprint density at radius 2 is 1.79 bits per heavy atom. The molecule has 3 rings (SSSR count). The number of carbonyl (C=O) groups is 2. The topological polar surface area (TPSA) is 65.5 Å². The molecule has 0 bridgehead atoms. The summed E-state index contributed by atoms with van der Waals surface area (Å²) in [6.45, 7) is 2.09. The van der Waals surface area contributed by atoms with E-state index in [0.717, 1.165) is 18.0 Å². The molecule has 0 aliphatic carbocycles. The van der Waals surface area contributed by atoms with Gasteiger partial charge in [-0.3, -0.25) is 9.59 Å². The zero-order valence-electron chi connectivity index (χ0n) is 14.9. The SMILES string of the molecule is O=C(CC(=O)N1CCN(c2ccccn2)CC1)Nc1cccc(C(F)(F)F)c1. The minimum absolute atomic E-state index is 0.00703. The highest BCUT2D eigenvalue weighted by Gasteiger charge is 2.30. The van der Waals surface area contributed by atoms with Gasteiger partial charge < -0.3 is 15.1 Å². The van der Waals surface area contributed by atoms with Crippen LogP contribution in [0.1, 0.15) is 12.0 Å². The number of piperazine rings is 1. The van der Waals surface area contributed by atoms with Gasteiger partial charge in [0.25, 0.3) is 0 Å². The van der Waals surface area contributed by atoms with Crippen LogP contribution in [-0.4, -0.2) is 47.9 Å². The van der Waals surface area contributed by atoms with E-state index in [1.165, 1.54) is 12.1 Å². The van der Waals surface area contributed by atoms with E-state index in [1.807, 2.05) is 23.1 Å². The Labute approximate surface area is 160 Å². The van der Waals surface area contributed by atoms with Gasteiger partial charge in [0.1, 0.15) is 12.2 Å². The Morgan fingerprint density at radius 1 is 1.04 bits per heavy atom. The lowest BCUT2D eigenvalue weighted by atomic mass is 10.2.